The Morgan fingerprint density at radius 1 is 1.12 bits per heavy atom. The molecule has 0 spiro atoms. The molecule has 0 amide bonds. The second-order valence-electron chi connectivity index (χ2n) is 6.76. The van der Waals surface area contributed by atoms with Crippen LogP contribution in [0.5, 0.6) is 0 Å². The Bertz CT molecular complexity index is 951. The first-order chi connectivity index (χ1) is 11.1. The number of aromatic nitrogens is 3. The molecule has 1 saturated heterocycles. The summed E-state index contributed by atoms with van der Waals surface area (Å²) in [5.41, 5.74) is 3.91. The molecule has 128 valence electrons. The van der Waals surface area contributed by atoms with Gasteiger partial charge in [0.1, 0.15) is 5.52 Å². The second kappa shape index (κ2) is 6.22. The van der Waals surface area contributed by atoms with E-state index in [1.54, 1.807) is 4.68 Å². The molecule has 5 nitrogen and oxygen atoms in total. The first kappa shape index (κ1) is 17.0. The van der Waals surface area contributed by atoms with Gasteiger partial charge in [-0.05, 0) is 52.0 Å². The van der Waals surface area contributed by atoms with Gasteiger partial charge in [-0.25, -0.2) is 0 Å². The molecule has 0 saturated carbocycles. The molecular formula is C18H23ClN4O. The standard InChI is InChI=1S/C18H22N4O.ClH/c1-12-4-5-15-14(10-12)18(23)17-16(11-19-21(17)3)22(15)13-6-8-20(2)9-7-13;/h4-5,10-11,13H,6-9H2,1-3H3;1H. The molecule has 1 fully saturated rings. The molecule has 4 rings (SSSR count). The number of hydrogen-bond acceptors (Lipinski definition) is 3. The molecule has 6 heteroatoms. The first-order valence-corrected chi connectivity index (χ1v) is 8.21. The molecule has 24 heavy (non-hydrogen) atoms. The van der Waals surface area contributed by atoms with Gasteiger partial charge in [-0.15, -0.1) is 12.4 Å². The molecule has 0 N–H and O–H groups in total. The van der Waals surface area contributed by atoms with Gasteiger partial charge in [0.05, 0.1) is 17.2 Å². The number of benzene rings is 1. The van der Waals surface area contributed by atoms with Crippen LogP contribution in [0.1, 0.15) is 24.4 Å². The summed E-state index contributed by atoms with van der Waals surface area (Å²) < 4.78 is 4.07. The zero-order valence-electron chi connectivity index (χ0n) is 14.3. The molecule has 1 aliphatic rings. The zero-order chi connectivity index (χ0) is 16.1. The number of aryl methyl sites for hydroxylation is 2. The van der Waals surface area contributed by atoms with Gasteiger partial charge < -0.3 is 9.47 Å². The minimum Gasteiger partial charge on any atom is -0.334 e. The van der Waals surface area contributed by atoms with Gasteiger partial charge in [0.2, 0.25) is 5.43 Å². The third kappa shape index (κ3) is 2.52. The average molecular weight is 347 g/mol. The van der Waals surface area contributed by atoms with Gasteiger partial charge in [-0.3, -0.25) is 9.48 Å². The maximum absolute atomic E-state index is 12.9. The minimum absolute atomic E-state index is 0. The molecule has 3 heterocycles. The summed E-state index contributed by atoms with van der Waals surface area (Å²) in [6.45, 7) is 4.21. The molecule has 0 aliphatic carbocycles. The maximum Gasteiger partial charge on any atom is 0.215 e. The van der Waals surface area contributed by atoms with E-state index in [2.05, 4.69) is 33.7 Å². The number of likely N-dealkylation sites (tertiary alicyclic amines) is 1. The number of hydrogen-bond donors (Lipinski definition) is 0. The summed E-state index contributed by atoms with van der Waals surface area (Å²) in [6, 6.07) is 6.62. The molecule has 1 aromatic carbocycles. The Kier molecular flexibility index (Phi) is 4.40. The van der Waals surface area contributed by atoms with Gasteiger partial charge in [0.15, 0.2) is 0 Å². The van der Waals surface area contributed by atoms with E-state index in [4.69, 9.17) is 0 Å². The number of pyridine rings is 1. The predicted octanol–water partition coefficient (Wildman–Crippen LogP) is 2.89. The summed E-state index contributed by atoms with van der Waals surface area (Å²) in [4.78, 5) is 15.3. The quantitative estimate of drug-likeness (QED) is 0.680. The largest absolute Gasteiger partial charge is 0.334 e. The maximum atomic E-state index is 12.9. The Labute approximate surface area is 147 Å². The van der Waals surface area contributed by atoms with E-state index in [1.807, 2.05) is 26.2 Å². The lowest BCUT2D eigenvalue weighted by Crippen LogP contribution is -2.32. The number of fused-ring (bicyclic) bond motifs is 2. The molecule has 0 atom stereocenters. The number of piperidine rings is 1. The van der Waals surface area contributed by atoms with Crippen molar-refractivity contribution in [2.24, 2.45) is 7.05 Å². The van der Waals surface area contributed by atoms with Crippen LogP contribution in [0.25, 0.3) is 21.9 Å². The van der Waals surface area contributed by atoms with E-state index in [9.17, 15) is 4.79 Å². The van der Waals surface area contributed by atoms with Gasteiger partial charge >= 0.3 is 0 Å². The Morgan fingerprint density at radius 3 is 2.54 bits per heavy atom. The average Bonchev–Trinajstić information content (AvgIpc) is 2.92. The second-order valence-corrected chi connectivity index (χ2v) is 6.76. The molecule has 2 aromatic heterocycles. The number of halogens is 1. The van der Waals surface area contributed by atoms with Crippen LogP contribution in [0.3, 0.4) is 0 Å². The highest BCUT2D eigenvalue weighted by atomic mass is 35.5. The van der Waals surface area contributed by atoms with Crippen LogP contribution >= 0.6 is 12.4 Å². The van der Waals surface area contributed by atoms with Crippen LogP contribution in [-0.2, 0) is 7.05 Å². The summed E-state index contributed by atoms with van der Waals surface area (Å²) in [5, 5.41) is 5.16. The van der Waals surface area contributed by atoms with Crippen molar-refractivity contribution in [2.45, 2.75) is 25.8 Å². The van der Waals surface area contributed by atoms with Crippen molar-refractivity contribution in [1.82, 2.24) is 19.2 Å². The smallest absolute Gasteiger partial charge is 0.215 e. The Morgan fingerprint density at radius 2 is 1.83 bits per heavy atom. The highest BCUT2D eigenvalue weighted by molar-refractivity contribution is 5.92. The highest BCUT2D eigenvalue weighted by Crippen LogP contribution is 2.29. The summed E-state index contributed by atoms with van der Waals surface area (Å²) in [5.74, 6) is 0. The van der Waals surface area contributed by atoms with Crippen molar-refractivity contribution in [2.75, 3.05) is 20.1 Å². The minimum atomic E-state index is 0. The predicted molar refractivity (Wildman–Crippen MR) is 100 cm³/mol. The monoisotopic (exact) mass is 346 g/mol. The van der Waals surface area contributed by atoms with E-state index in [1.165, 1.54) is 0 Å². The molecule has 0 radical (unpaired) electrons. The third-order valence-corrected chi connectivity index (χ3v) is 5.10. The fourth-order valence-electron chi connectivity index (χ4n) is 3.81. The van der Waals surface area contributed by atoms with Crippen molar-refractivity contribution in [3.63, 3.8) is 0 Å². The molecular weight excluding hydrogens is 324 g/mol. The van der Waals surface area contributed by atoms with E-state index in [-0.39, 0.29) is 17.8 Å². The lowest BCUT2D eigenvalue weighted by atomic mass is 10.0. The summed E-state index contributed by atoms with van der Waals surface area (Å²) in [6.07, 6.45) is 4.05. The van der Waals surface area contributed by atoms with E-state index in [0.29, 0.717) is 11.6 Å². The van der Waals surface area contributed by atoms with Crippen LogP contribution < -0.4 is 5.43 Å². The van der Waals surface area contributed by atoms with E-state index >= 15 is 0 Å². The summed E-state index contributed by atoms with van der Waals surface area (Å²) in [7, 11) is 4.02. The highest BCUT2D eigenvalue weighted by Gasteiger charge is 2.23. The third-order valence-electron chi connectivity index (χ3n) is 5.10. The molecule has 1 aliphatic heterocycles. The van der Waals surface area contributed by atoms with Gasteiger partial charge in [0, 0.05) is 18.5 Å². The normalized spacial score (nSPS) is 16.6. The van der Waals surface area contributed by atoms with E-state index < -0.39 is 0 Å². The van der Waals surface area contributed by atoms with E-state index in [0.717, 1.165) is 47.9 Å². The Hall–Kier alpha value is -1.85. The van der Waals surface area contributed by atoms with Crippen LogP contribution in [0.4, 0.5) is 0 Å². The molecule has 0 bridgehead atoms. The topological polar surface area (TPSA) is 43.1 Å². The number of nitrogens with zero attached hydrogens (tertiary/aromatic N) is 4. The molecule has 3 aromatic rings. The van der Waals surface area contributed by atoms with Gasteiger partial charge in [0.25, 0.3) is 0 Å². The fourth-order valence-corrected chi connectivity index (χ4v) is 3.81. The lowest BCUT2D eigenvalue weighted by Gasteiger charge is -2.32. The first-order valence-electron chi connectivity index (χ1n) is 8.21. The van der Waals surface area contributed by atoms with Crippen molar-refractivity contribution >= 4 is 34.3 Å². The summed E-state index contributed by atoms with van der Waals surface area (Å²) >= 11 is 0. The van der Waals surface area contributed by atoms with Gasteiger partial charge in [-0.1, -0.05) is 11.6 Å². The Balaban J connectivity index is 0.00000169. The van der Waals surface area contributed by atoms with Crippen LogP contribution in [0.2, 0.25) is 0 Å². The van der Waals surface area contributed by atoms with Crippen molar-refractivity contribution < 1.29 is 0 Å². The van der Waals surface area contributed by atoms with Crippen LogP contribution in [-0.4, -0.2) is 39.4 Å². The fraction of sp³-hybridized carbons (Fsp3) is 0.444. The van der Waals surface area contributed by atoms with Crippen LogP contribution in [0.15, 0.2) is 29.2 Å². The van der Waals surface area contributed by atoms with Crippen molar-refractivity contribution in [3.05, 3.63) is 40.2 Å². The number of rotatable bonds is 1. The van der Waals surface area contributed by atoms with Gasteiger partial charge in [-0.2, -0.15) is 5.10 Å². The zero-order valence-corrected chi connectivity index (χ0v) is 15.1. The van der Waals surface area contributed by atoms with Crippen molar-refractivity contribution in [3.8, 4) is 0 Å². The van der Waals surface area contributed by atoms with Crippen molar-refractivity contribution in [1.29, 1.82) is 0 Å². The molecule has 0 unspecified atom stereocenters. The lowest BCUT2D eigenvalue weighted by molar-refractivity contribution is 0.226. The SMILES string of the molecule is Cc1ccc2c(c1)c(=O)c1c(cnn1C)n2C1CCN(C)CC1.Cl. The van der Waals surface area contributed by atoms with Crippen LogP contribution in [0, 0.1) is 6.92 Å².